The van der Waals surface area contributed by atoms with Gasteiger partial charge in [0.25, 0.3) is 5.91 Å². The molecule has 0 radical (unpaired) electrons. The highest BCUT2D eigenvalue weighted by molar-refractivity contribution is 6.18. The van der Waals surface area contributed by atoms with E-state index in [2.05, 4.69) is 20.7 Å². The number of aryl methyl sites for hydroxylation is 1. The number of aliphatic imine (C=N–C) groups is 1. The molecular formula is C20H30ClN7O2. The first-order valence-electron chi connectivity index (χ1n) is 9.78. The van der Waals surface area contributed by atoms with E-state index in [9.17, 15) is 9.90 Å². The summed E-state index contributed by atoms with van der Waals surface area (Å²) < 4.78 is 1.60. The van der Waals surface area contributed by atoms with Crippen LogP contribution in [0.5, 0.6) is 0 Å². The van der Waals surface area contributed by atoms with Crippen LogP contribution in [0.3, 0.4) is 0 Å². The molecule has 2 rings (SSSR count). The first-order chi connectivity index (χ1) is 14.5. The Balaban J connectivity index is 2.01. The van der Waals surface area contributed by atoms with E-state index in [0.29, 0.717) is 48.8 Å². The summed E-state index contributed by atoms with van der Waals surface area (Å²) in [4.78, 5) is 16.8. The fraction of sp³-hybridized carbons (Fsp3) is 0.450. The van der Waals surface area contributed by atoms with Crippen LogP contribution in [0.4, 0.5) is 0 Å². The molecule has 0 aromatic carbocycles. The summed E-state index contributed by atoms with van der Waals surface area (Å²) in [6.07, 6.45) is 10.7. The Morgan fingerprint density at radius 3 is 3.07 bits per heavy atom. The van der Waals surface area contributed by atoms with Gasteiger partial charge >= 0.3 is 0 Å². The molecule has 7 N–H and O–H groups in total. The Morgan fingerprint density at radius 1 is 1.57 bits per heavy atom. The predicted molar refractivity (Wildman–Crippen MR) is 119 cm³/mol. The van der Waals surface area contributed by atoms with E-state index in [-0.39, 0.29) is 11.9 Å². The van der Waals surface area contributed by atoms with E-state index in [1.807, 2.05) is 6.08 Å². The van der Waals surface area contributed by atoms with E-state index in [0.717, 1.165) is 12.1 Å². The number of piperidine rings is 1. The van der Waals surface area contributed by atoms with Gasteiger partial charge in [-0.05, 0) is 25.5 Å². The normalized spacial score (nSPS) is 20.9. The molecule has 2 heterocycles. The molecule has 0 aliphatic carbocycles. The maximum Gasteiger partial charge on any atom is 0.272 e. The molecule has 1 aliphatic heterocycles. The van der Waals surface area contributed by atoms with Crippen LogP contribution in [-0.2, 0) is 13.5 Å². The number of nitrogens with two attached hydrogens (primary N) is 2. The monoisotopic (exact) mass is 435 g/mol. The third kappa shape index (κ3) is 7.01. The van der Waals surface area contributed by atoms with Crippen molar-refractivity contribution in [3.63, 3.8) is 0 Å². The highest BCUT2D eigenvalue weighted by Gasteiger charge is 2.26. The van der Waals surface area contributed by atoms with Gasteiger partial charge in [-0.1, -0.05) is 12.2 Å². The number of aliphatic hydroxyl groups excluding tert-OH is 1. The highest BCUT2D eigenvalue weighted by atomic mass is 35.5. The molecule has 1 fully saturated rings. The number of hydrogen-bond donors (Lipinski definition) is 5. The maximum absolute atomic E-state index is 12.7. The van der Waals surface area contributed by atoms with Crippen molar-refractivity contribution < 1.29 is 9.90 Å². The van der Waals surface area contributed by atoms with Crippen LogP contribution in [0, 0.1) is 0 Å². The molecule has 2 atom stereocenters. The van der Waals surface area contributed by atoms with Gasteiger partial charge in [0.2, 0.25) is 0 Å². The standard InChI is InChI=1S/C20H30ClN7O2/c1-28-13-14(4-2-3-5-16(23)15(10-22)11-25-9-7-21)19(27-28)20(30)26-17-6-8-24-12-18(17)29/h2-3,5,10-11,13,17-18,24,29H,4,6-9,12,22-23H2,1H3,(H,26,30)/b3-2-,15-10?,16-5-,25-11?. The maximum atomic E-state index is 12.7. The number of alkyl halides is 1. The topological polar surface area (TPSA) is 144 Å². The molecule has 0 bridgehead atoms. The van der Waals surface area contributed by atoms with E-state index in [4.69, 9.17) is 23.1 Å². The summed E-state index contributed by atoms with van der Waals surface area (Å²) in [5.74, 6) is 0.138. The number of nitrogens with one attached hydrogen (secondary N) is 2. The quantitative estimate of drug-likeness (QED) is 0.209. The van der Waals surface area contributed by atoms with Gasteiger partial charge in [-0.25, -0.2) is 0 Å². The average molecular weight is 436 g/mol. The number of aliphatic hydroxyl groups is 1. The van der Waals surface area contributed by atoms with Gasteiger partial charge in [0.05, 0.1) is 18.7 Å². The van der Waals surface area contributed by atoms with Gasteiger partial charge in [-0.2, -0.15) is 5.10 Å². The van der Waals surface area contributed by atoms with Crippen LogP contribution in [-0.4, -0.2) is 64.7 Å². The molecule has 1 aliphatic rings. The molecular weight excluding hydrogens is 406 g/mol. The summed E-state index contributed by atoms with van der Waals surface area (Å²) >= 11 is 5.59. The van der Waals surface area contributed by atoms with Crippen molar-refractivity contribution >= 4 is 23.7 Å². The second-order valence-corrected chi connectivity index (χ2v) is 7.30. The number of nitrogens with zero attached hydrogens (tertiary/aromatic N) is 3. The minimum atomic E-state index is -0.611. The third-order valence-electron chi connectivity index (χ3n) is 4.59. The SMILES string of the molecule is Cn1cc(C/C=C\C=C(/N)C(C=NCCCl)=CN)c(C(=O)NC2CCNCC2O)n1. The van der Waals surface area contributed by atoms with Gasteiger partial charge in [0, 0.05) is 54.9 Å². The summed E-state index contributed by atoms with van der Waals surface area (Å²) in [6.45, 7) is 1.71. The Hall–Kier alpha value is -2.62. The summed E-state index contributed by atoms with van der Waals surface area (Å²) in [6, 6.07) is -0.284. The average Bonchev–Trinajstić information content (AvgIpc) is 3.11. The number of β-amino-alcohol motifs (C(OH)–C–C–N with tert-alkyl or cyclic N) is 1. The molecule has 1 aromatic rings. The summed E-state index contributed by atoms with van der Waals surface area (Å²) in [5, 5.41) is 20.3. The smallest absolute Gasteiger partial charge is 0.272 e. The zero-order valence-corrected chi connectivity index (χ0v) is 17.8. The number of rotatable bonds is 9. The van der Waals surface area contributed by atoms with Crippen molar-refractivity contribution in [1.29, 1.82) is 0 Å². The van der Waals surface area contributed by atoms with Gasteiger partial charge in [0.1, 0.15) is 0 Å². The van der Waals surface area contributed by atoms with E-state index in [1.54, 1.807) is 36.3 Å². The number of carbonyl (C=O) groups excluding carboxylic acids is 1. The van der Waals surface area contributed by atoms with E-state index >= 15 is 0 Å². The van der Waals surface area contributed by atoms with Crippen molar-refractivity contribution in [3.8, 4) is 0 Å². The highest BCUT2D eigenvalue weighted by Crippen LogP contribution is 2.11. The second-order valence-electron chi connectivity index (χ2n) is 6.92. The number of halogens is 1. The fourth-order valence-electron chi connectivity index (χ4n) is 3.01. The molecule has 1 amide bonds. The van der Waals surface area contributed by atoms with Crippen LogP contribution >= 0.6 is 11.6 Å². The number of carbonyl (C=O) groups is 1. The molecule has 9 nitrogen and oxygen atoms in total. The lowest BCUT2D eigenvalue weighted by atomic mass is 10.0. The third-order valence-corrected chi connectivity index (χ3v) is 4.76. The predicted octanol–water partition coefficient (Wildman–Crippen LogP) is -0.0338. The molecule has 1 saturated heterocycles. The Kier molecular flexibility index (Phi) is 9.59. The molecule has 10 heteroatoms. The van der Waals surface area contributed by atoms with Crippen molar-refractivity contribution in [2.45, 2.75) is 25.0 Å². The minimum Gasteiger partial charge on any atom is -0.404 e. The number of aromatic nitrogens is 2. The van der Waals surface area contributed by atoms with Crippen molar-refractivity contribution in [2.24, 2.45) is 23.5 Å². The van der Waals surface area contributed by atoms with Crippen LogP contribution in [0.1, 0.15) is 22.5 Å². The zero-order valence-electron chi connectivity index (χ0n) is 17.1. The minimum absolute atomic E-state index is 0.284. The Bertz CT molecular complexity index is 829. The Morgan fingerprint density at radius 2 is 2.37 bits per heavy atom. The Labute approximate surface area is 181 Å². The van der Waals surface area contributed by atoms with E-state index in [1.165, 1.54) is 6.20 Å². The number of hydrogen-bond acceptors (Lipinski definition) is 7. The lowest BCUT2D eigenvalue weighted by Crippen LogP contribution is -2.52. The second kappa shape index (κ2) is 12.2. The number of allylic oxidation sites excluding steroid dienone is 4. The van der Waals surface area contributed by atoms with Gasteiger partial charge < -0.3 is 27.2 Å². The first kappa shape index (κ1) is 23.7. The lowest BCUT2D eigenvalue weighted by molar-refractivity contribution is 0.0760. The van der Waals surface area contributed by atoms with Crippen LogP contribution in [0.15, 0.2) is 46.9 Å². The molecule has 164 valence electrons. The molecule has 30 heavy (non-hydrogen) atoms. The number of amides is 1. The zero-order chi connectivity index (χ0) is 21.9. The first-order valence-corrected chi connectivity index (χ1v) is 10.3. The lowest BCUT2D eigenvalue weighted by Gasteiger charge is -2.28. The largest absolute Gasteiger partial charge is 0.404 e. The van der Waals surface area contributed by atoms with Crippen molar-refractivity contribution in [1.82, 2.24) is 20.4 Å². The van der Waals surface area contributed by atoms with Crippen LogP contribution in [0.2, 0.25) is 0 Å². The molecule has 2 unspecified atom stereocenters. The fourth-order valence-corrected chi connectivity index (χ4v) is 3.11. The van der Waals surface area contributed by atoms with Gasteiger partial charge in [-0.15, -0.1) is 11.6 Å². The summed E-state index contributed by atoms with van der Waals surface area (Å²) in [5.41, 5.74) is 13.8. The summed E-state index contributed by atoms with van der Waals surface area (Å²) in [7, 11) is 1.76. The molecule has 0 spiro atoms. The van der Waals surface area contributed by atoms with Crippen LogP contribution < -0.4 is 22.1 Å². The van der Waals surface area contributed by atoms with Crippen molar-refractivity contribution in [3.05, 3.63) is 53.2 Å². The van der Waals surface area contributed by atoms with Crippen molar-refractivity contribution in [2.75, 3.05) is 25.5 Å². The van der Waals surface area contributed by atoms with E-state index < -0.39 is 6.10 Å². The van der Waals surface area contributed by atoms with Gasteiger partial charge in [-0.3, -0.25) is 14.5 Å². The molecule has 1 aromatic heterocycles. The van der Waals surface area contributed by atoms with Gasteiger partial charge in [0.15, 0.2) is 5.69 Å². The van der Waals surface area contributed by atoms with Crippen LogP contribution in [0.25, 0.3) is 0 Å². The molecule has 0 saturated carbocycles.